The van der Waals surface area contributed by atoms with Crippen LogP contribution in [0.25, 0.3) is 0 Å². The Morgan fingerprint density at radius 3 is 1.94 bits per heavy atom. The molecule has 0 N–H and O–H groups in total. The lowest BCUT2D eigenvalue weighted by molar-refractivity contribution is -0.119. The van der Waals surface area contributed by atoms with E-state index in [1.165, 1.54) is 0 Å². The molecule has 0 saturated carbocycles. The molecule has 0 aliphatic carbocycles. The quantitative estimate of drug-likeness (QED) is 0.723. The molecule has 0 aromatic heterocycles. The highest BCUT2D eigenvalue weighted by Gasteiger charge is 2.41. The molecule has 0 aromatic carbocycles. The Morgan fingerprint density at radius 1 is 1.11 bits per heavy atom. The molecule has 1 rings (SSSR count). The van der Waals surface area contributed by atoms with Gasteiger partial charge in [0.2, 0.25) is 0 Å². The van der Waals surface area contributed by atoms with Gasteiger partial charge in [0.1, 0.15) is 5.78 Å². The van der Waals surface area contributed by atoms with Crippen molar-refractivity contribution in [2.24, 2.45) is 5.92 Å². The molecule has 0 radical (unpaired) electrons. The molecule has 3 unspecified atom stereocenters. The zero-order valence-corrected chi connectivity index (χ0v) is 16.5. The fourth-order valence-electron chi connectivity index (χ4n) is 2.15. The average Bonchev–Trinajstić information content (AvgIpc) is 2.12. The van der Waals surface area contributed by atoms with Crippen molar-refractivity contribution in [3.63, 3.8) is 0 Å². The van der Waals surface area contributed by atoms with Crippen LogP contribution in [-0.2, 0) is 21.3 Å². The SMILES string of the molecule is CC(=O)C(C)C[Si]1(C)O[SiH](C)O[SiH](C)O[SiH](C)O1. The maximum atomic E-state index is 11.4. The maximum absolute atomic E-state index is 11.4. The highest BCUT2D eigenvalue weighted by atomic mass is 28.5. The number of carbonyl (C=O) groups excluding carboxylic acids is 1. The molecule has 1 aliphatic rings. The van der Waals surface area contributed by atoms with E-state index in [1.807, 2.05) is 33.1 Å². The first-order valence-electron chi connectivity index (χ1n) is 6.39. The summed E-state index contributed by atoms with van der Waals surface area (Å²) < 4.78 is 23.9. The molecule has 106 valence electrons. The summed E-state index contributed by atoms with van der Waals surface area (Å²) in [5, 5.41) is 0. The average molecular weight is 325 g/mol. The fourth-order valence-corrected chi connectivity index (χ4v) is 17.3. The Hall–Kier alpha value is 0.378. The van der Waals surface area contributed by atoms with Gasteiger partial charge in [0.15, 0.2) is 0 Å². The van der Waals surface area contributed by atoms with E-state index in [9.17, 15) is 4.79 Å². The maximum Gasteiger partial charge on any atom is 0.317 e. The topological polar surface area (TPSA) is 54.0 Å². The van der Waals surface area contributed by atoms with Gasteiger partial charge in [0.05, 0.1) is 0 Å². The minimum absolute atomic E-state index is 0.0156. The minimum Gasteiger partial charge on any atom is -0.420 e. The summed E-state index contributed by atoms with van der Waals surface area (Å²) in [7, 11) is -7.26. The summed E-state index contributed by atoms with van der Waals surface area (Å²) in [5.74, 6) is 0.171. The Kier molecular flexibility index (Phi) is 6.12. The number of ketones is 1. The molecule has 3 atom stereocenters. The van der Waals surface area contributed by atoms with Gasteiger partial charge < -0.3 is 16.5 Å². The van der Waals surface area contributed by atoms with E-state index in [1.54, 1.807) is 6.92 Å². The highest BCUT2D eigenvalue weighted by molar-refractivity contribution is 6.81. The zero-order chi connectivity index (χ0) is 13.9. The van der Waals surface area contributed by atoms with Gasteiger partial charge in [0, 0.05) is 5.92 Å². The third kappa shape index (κ3) is 5.17. The van der Waals surface area contributed by atoms with Crippen molar-refractivity contribution in [3.8, 4) is 0 Å². The first-order chi connectivity index (χ1) is 8.22. The number of carbonyl (C=O) groups is 1. The molecular formula is C9H24O5Si4. The van der Waals surface area contributed by atoms with Crippen molar-refractivity contribution in [1.29, 1.82) is 0 Å². The number of hydrogen-bond donors (Lipinski definition) is 0. The number of Topliss-reactive ketones (excluding diaryl/α,β-unsaturated/α-hetero) is 1. The van der Waals surface area contributed by atoms with Crippen molar-refractivity contribution >= 4 is 42.2 Å². The lowest BCUT2D eigenvalue weighted by atomic mass is 10.1. The highest BCUT2D eigenvalue weighted by Crippen LogP contribution is 2.24. The van der Waals surface area contributed by atoms with E-state index in [0.717, 1.165) is 0 Å². The lowest BCUT2D eigenvalue weighted by Crippen LogP contribution is -2.53. The molecule has 0 spiro atoms. The first-order valence-corrected chi connectivity index (χ1v) is 15.2. The summed E-state index contributed by atoms with van der Waals surface area (Å²) in [6.07, 6.45) is 0. The van der Waals surface area contributed by atoms with E-state index in [0.29, 0.717) is 6.04 Å². The van der Waals surface area contributed by atoms with E-state index >= 15 is 0 Å². The van der Waals surface area contributed by atoms with Crippen LogP contribution in [0.3, 0.4) is 0 Å². The third-order valence-corrected chi connectivity index (χ3v) is 17.1. The summed E-state index contributed by atoms with van der Waals surface area (Å²) in [4.78, 5) is 11.4. The van der Waals surface area contributed by atoms with Gasteiger partial charge in [-0.25, -0.2) is 0 Å². The molecule has 18 heavy (non-hydrogen) atoms. The van der Waals surface area contributed by atoms with Crippen LogP contribution < -0.4 is 0 Å². The van der Waals surface area contributed by atoms with Crippen molar-refractivity contribution in [1.82, 2.24) is 0 Å². The predicted molar refractivity (Wildman–Crippen MR) is 79.6 cm³/mol. The molecule has 1 heterocycles. The summed E-state index contributed by atoms with van der Waals surface area (Å²) >= 11 is 0. The largest absolute Gasteiger partial charge is 0.420 e. The lowest BCUT2D eigenvalue weighted by Gasteiger charge is -2.37. The Bertz CT molecular complexity index is 289. The van der Waals surface area contributed by atoms with E-state index in [4.69, 9.17) is 16.5 Å². The summed E-state index contributed by atoms with van der Waals surface area (Å²) in [6, 6.07) is 0.694. The van der Waals surface area contributed by atoms with Crippen molar-refractivity contribution in [2.75, 3.05) is 0 Å². The fraction of sp³-hybridized carbons (Fsp3) is 0.889. The zero-order valence-electron chi connectivity index (χ0n) is 12.1. The number of hydrogen-bond acceptors (Lipinski definition) is 5. The molecular weight excluding hydrogens is 300 g/mol. The van der Waals surface area contributed by atoms with Crippen molar-refractivity contribution in [3.05, 3.63) is 0 Å². The van der Waals surface area contributed by atoms with Crippen LogP contribution in [0, 0.1) is 5.92 Å². The molecule has 1 saturated heterocycles. The van der Waals surface area contributed by atoms with Crippen molar-refractivity contribution in [2.45, 2.75) is 46.1 Å². The Labute approximate surface area is 116 Å². The van der Waals surface area contributed by atoms with Gasteiger partial charge in [-0.15, -0.1) is 0 Å². The monoisotopic (exact) mass is 324 g/mol. The molecule has 0 bridgehead atoms. The summed E-state index contributed by atoms with van der Waals surface area (Å²) in [5.41, 5.74) is 0. The van der Waals surface area contributed by atoms with Gasteiger partial charge >= 0.3 is 8.56 Å². The van der Waals surface area contributed by atoms with Gasteiger partial charge in [-0.3, -0.25) is 4.79 Å². The Balaban J connectivity index is 2.74. The Morgan fingerprint density at radius 2 is 1.56 bits per heavy atom. The van der Waals surface area contributed by atoms with E-state index in [2.05, 4.69) is 0 Å². The van der Waals surface area contributed by atoms with Gasteiger partial charge in [-0.2, -0.15) is 0 Å². The number of rotatable bonds is 3. The van der Waals surface area contributed by atoms with Crippen LogP contribution in [0.2, 0.25) is 32.2 Å². The molecule has 0 amide bonds. The van der Waals surface area contributed by atoms with Crippen LogP contribution in [0.4, 0.5) is 0 Å². The normalized spacial score (nSPS) is 39.8. The minimum atomic E-state index is -2.33. The predicted octanol–water partition coefficient (Wildman–Crippen LogP) is 0.914. The second-order valence-corrected chi connectivity index (χ2v) is 15.2. The van der Waals surface area contributed by atoms with Crippen LogP contribution in [-0.4, -0.2) is 42.2 Å². The standard InChI is InChI=1S/C9H24O5Si4/c1-8(9(2)10)7-18(6)13-16(4)11-15(3)12-17(5)14-18/h8,15-17H,7H2,1-6H3. The molecule has 5 nitrogen and oxygen atoms in total. The van der Waals surface area contributed by atoms with Gasteiger partial charge in [0.25, 0.3) is 27.9 Å². The van der Waals surface area contributed by atoms with Crippen LogP contribution in [0.15, 0.2) is 0 Å². The molecule has 1 fully saturated rings. The second-order valence-electron chi connectivity index (χ2n) is 5.06. The first kappa shape index (κ1) is 16.4. The van der Waals surface area contributed by atoms with E-state index in [-0.39, 0.29) is 11.7 Å². The smallest absolute Gasteiger partial charge is 0.317 e. The van der Waals surface area contributed by atoms with Crippen LogP contribution in [0.5, 0.6) is 0 Å². The van der Waals surface area contributed by atoms with Gasteiger partial charge in [-0.1, -0.05) is 6.92 Å². The van der Waals surface area contributed by atoms with Gasteiger partial charge in [-0.05, 0) is 39.2 Å². The summed E-state index contributed by atoms with van der Waals surface area (Å²) in [6.45, 7) is 11.6. The van der Waals surface area contributed by atoms with Crippen molar-refractivity contribution < 1.29 is 21.3 Å². The van der Waals surface area contributed by atoms with E-state index < -0.39 is 36.4 Å². The molecule has 9 heteroatoms. The third-order valence-electron chi connectivity index (χ3n) is 2.97. The molecule has 0 aromatic rings. The van der Waals surface area contributed by atoms with Crippen LogP contribution in [0.1, 0.15) is 13.8 Å². The second kappa shape index (κ2) is 6.70. The molecule has 1 aliphatic heterocycles. The van der Waals surface area contributed by atoms with Crippen LogP contribution >= 0.6 is 0 Å².